The maximum Gasteiger partial charge on any atom is 0.337 e. The van der Waals surface area contributed by atoms with E-state index in [2.05, 4.69) is 15.0 Å². The van der Waals surface area contributed by atoms with Gasteiger partial charge in [-0.05, 0) is 6.26 Å². The van der Waals surface area contributed by atoms with Crippen molar-refractivity contribution in [3.05, 3.63) is 26.7 Å². The van der Waals surface area contributed by atoms with Crippen LogP contribution in [0.4, 0.5) is 11.5 Å². The highest BCUT2D eigenvalue weighted by atomic mass is 32.2. The molecule has 0 saturated carbocycles. The van der Waals surface area contributed by atoms with E-state index in [1.807, 2.05) is 0 Å². The van der Waals surface area contributed by atoms with Crippen molar-refractivity contribution < 1.29 is 4.92 Å². The lowest BCUT2D eigenvalue weighted by atomic mass is 10.2. The number of anilines is 1. The highest BCUT2D eigenvalue weighted by molar-refractivity contribution is 7.98. The van der Waals surface area contributed by atoms with Crippen molar-refractivity contribution in [3.63, 3.8) is 0 Å². The minimum Gasteiger partial charge on any atom is -0.378 e. The molecule has 0 amide bonds. The Kier molecular flexibility index (Phi) is 2.68. The van der Waals surface area contributed by atoms with Gasteiger partial charge in [0.25, 0.3) is 5.56 Å². The molecule has 0 saturated heterocycles. The molecule has 88 valence electrons. The summed E-state index contributed by atoms with van der Waals surface area (Å²) in [6, 6.07) is 0. The smallest absolute Gasteiger partial charge is 0.337 e. The monoisotopic (exact) mass is 253 g/mol. The molecule has 0 aromatic carbocycles. The van der Waals surface area contributed by atoms with E-state index in [0.29, 0.717) is 0 Å². The predicted octanol–water partition coefficient (Wildman–Crippen LogP) is 0.530. The first-order valence-corrected chi connectivity index (χ1v) is 5.64. The molecule has 2 aromatic heterocycles. The van der Waals surface area contributed by atoms with Crippen molar-refractivity contribution in [3.8, 4) is 0 Å². The van der Waals surface area contributed by atoms with E-state index in [-0.39, 0.29) is 21.9 Å². The van der Waals surface area contributed by atoms with Crippen molar-refractivity contribution in [1.29, 1.82) is 0 Å². The van der Waals surface area contributed by atoms with Crippen LogP contribution in [0, 0.1) is 10.1 Å². The van der Waals surface area contributed by atoms with E-state index in [1.54, 1.807) is 6.26 Å². The summed E-state index contributed by atoms with van der Waals surface area (Å²) >= 11 is 1.17. The van der Waals surface area contributed by atoms with Gasteiger partial charge in [0.15, 0.2) is 10.7 Å². The fourth-order valence-electron chi connectivity index (χ4n) is 1.36. The van der Waals surface area contributed by atoms with Gasteiger partial charge in [0.1, 0.15) is 0 Å². The molecule has 0 bridgehead atoms. The molecule has 0 aliphatic rings. The summed E-state index contributed by atoms with van der Waals surface area (Å²) in [6.07, 6.45) is 2.87. The standard InChI is InChI=1S/C8H7N5O3S/c1-17-8-11-4-3(7(14)12-8)2-10-6(9)5(4)13(15)16/h2H,1H3,(H2,9,10)(H,11,12,14). The Balaban J connectivity index is 2.97. The molecule has 0 aliphatic carbocycles. The van der Waals surface area contributed by atoms with Crippen molar-refractivity contribution in [2.45, 2.75) is 5.16 Å². The molecule has 2 rings (SSSR count). The SMILES string of the molecule is CSc1nc2c([N+](=O)[O-])c(N)ncc2c(=O)[nH]1. The first-order valence-electron chi connectivity index (χ1n) is 4.41. The molecular weight excluding hydrogens is 246 g/mol. The number of nitrogens with one attached hydrogen (secondary N) is 1. The lowest BCUT2D eigenvalue weighted by Gasteiger charge is -2.02. The van der Waals surface area contributed by atoms with Crippen LogP contribution >= 0.6 is 11.8 Å². The fraction of sp³-hybridized carbons (Fsp3) is 0.125. The number of hydrogen-bond donors (Lipinski definition) is 2. The predicted molar refractivity (Wildman–Crippen MR) is 63.0 cm³/mol. The molecule has 2 aromatic rings. The highest BCUT2D eigenvalue weighted by Crippen LogP contribution is 2.26. The van der Waals surface area contributed by atoms with Crippen LogP contribution in [0.15, 0.2) is 16.1 Å². The number of rotatable bonds is 2. The third-order valence-corrected chi connectivity index (χ3v) is 2.69. The van der Waals surface area contributed by atoms with Gasteiger partial charge in [0, 0.05) is 6.20 Å². The van der Waals surface area contributed by atoms with Crippen molar-refractivity contribution in [1.82, 2.24) is 15.0 Å². The summed E-state index contributed by atoms with van der Waals surface area (Å²) in [4.78, 5) is 31.9. The molecule has 0 radical (unpaired) electrons. The lowest BCUT2D eigenvalue weighted by Crippen LogP contribution is -2.12. The van der Waals surface area contributed by atoms with Crippen LogP contribution in [0.5, 0.6) is 0 Å². The van der Waals surface area contributed by atoms with Crippen molar-refractivity contribution in [2.75, 3.05) is 12.0 Å². The molecular formula is C8H7N5O3S. The van der Waals surface area contributed by atoms with Crippen LogP contribution in [0.25, 0.3) is 10.9 Å². The second-order valence-electron chi connectivity index (χ2n) is 3.09. The highest BCUT2D eigenvalue weighted by Gasteiger charge is 2.21. The molecule has 0 fully saturated rings. The van der Waals surface area contributed by atoms with Gasteiger partial charge in [-0.2, -0.15) is 0 Å². The van der Waals surface area contributed by atoms with Crippen molar-refractivity contribution >= 4 is 34.2 Å². The van der Waals surface area contributed by atoms with Gasteiger partial charge >= 0.3 is 5.69 Å². The van der Waals surface area contributed by atoms with Gasteiger partial charge in [0.05, 0.1) is 10.3 Å². The third kappa shape index (κ3) is 1.80. The second-order valence-corrected chi connectivity index (χ2v) is 3.88. The lowest BCUT2D eigenvalue weighted by molar-refractivity contribution is -0.382. The topological polar surface area (TPSA) is 128 Å². The largest absolute Gasteiger partial charge is 0.378 e. The third-order valence-electron chi connectivity index (χ3n) is 2.11. The molecule has 3 N–H and O–H groups in total. The van der Waals surface area contributed by atoms with Crippen LogP contribution in [0.2, 0.25) is 0 Å². The molecule has 0 atom stereocenters. The van der Waals surface area contributed by atoms with Crippen LogP contribution < -0.4 is 11.3 Å². The van der Waals surface area contributed by atoms with Crippen molar-refractivity contribution in [2.24, 2.45) is 0 Å². The quantitative estimate of drug-likeness (QED) is 0.345. The normalized spacial score (nSPS) is 10.6. The Bertz CT molecular complexity index is 668. The summed E-state index contributed by atoms with van der Waals surface area (Å²) in [5.41, 5.74) is 4.45. The average molecular weight is 253 g/mol. The minimum atomic E-state index is -0.693. The fourth-order valence-corrected chi connectivity index (χ4v) is 1.73. The van der Waals surface area contributed by atoms with E-state index in [4.69, 9.17) is 5.73 Å². The molecule has 8 nitrogen and oxygen atoms in total. The first kappa shape index (κ1) is 11.3. The zero-order chi connectivity index (χ0) is 12.6. The number of aromatic amines is 1. The summed E-state index contributed by atoms with van der Waals surface area (Å²) in [7, 11) is 0. The Morgan fingerprint density at radius 1 is 1.59 bits per heavy atom. The maximum atomic E-state index is 11.6. The average Bonchev–Trinajstić information content (AvgIpc) is 2.27. The van der Waals surface area contributed by atoms with E-state index in [0.717, 1.165) is 0 Å². The second kappa shape index (κ2) is 4.01. The molecule has 0 aliphatic heterocycles. The van der Waals surface area contributed by atoms with E-state index in [9.17, 15) is 14.9 Å². The number of nitrogens with zero attached hydrogens (tertiary/aromatic N) is 3. The number of nitro groups is 1. The first-order chi connectivity index (χ1) is 8.04. The Morgan fingerprint density at radius 3 is 2.88 bits per heavy atom. The number of thioether (sulfide) groups is 1. The van der Waals surface area contributed by atoms with E-state index >= 15 is 0 Å². The van der Waals surface area contributed by atoms with Crippen LogP contribution in [0.3, 0.4) is 0 Å². The van der Waals surface area contributed by atoms with Gasteiger partial charge in [-0.25, -0.2) is 9.97 Å². The van der Waals surface area contributed by atoms with Gasteiger partial charge < -0.3 is 10.7 Å². The Labute approximate surface area is 98.4 Å². The number of hydrogen-bond acceptors (Lipinski definition) is 7. The number of nitrogen functional groups attached to an aromatic ring is 1. The van der Waals surface area contributed by atoms with Gasteiger partial charge in [-0.15, -0.1) is 0 Å². The van der Waals surface area contributed by atoms with Gasteiger partial charge in [-0.3, -0.25) is 14.9 Å². The van der Waals surface area contributed by atoms with Crippen LogP contribution in [-0.4, -0.2) is 26.1 Å². The van der Waals surface area contributed by atoms with Crippen LogP contribution in [-0.2, 0) is 0 Å². The molecule has 2 heterocycles. The molecule has 0 spiro atoms. The van der Waals surface area contributed by atoms with Crippen LogP contribution in [0.1, 0.15) is 0 Å². The summed E-state index contributed by atoms with van der Waals surface area (Å²) in [5, 5.41) is 11.2. The Morgan fingerprint density at radius 2 is 2.29 bits per heavy atom. The summed E-state index contributed by atoms with van der Waals surface area (Å²) in [5.74, 6) is -0.257. The maximum absolute atomic E-state index is 11.6. The van der Waals surface area contributed by atoms with Gasteiger partial charge in [0.2, 0.25) is 5.82 Å². The molecule has 17 heavy (non-hydrogen) atoms. The zero-order valence-electron chi connectivity index (χ0n) is 8.63. The van der Waals surface area contributed by atoms with Gasteiger partial charge in [-0.1, -0.05) is 11.8 Å². The number of nitrogens with two attached hydrogens (primary N) is 1. The minimum absolute atomic E-state index is 0.0451. The summed E-state index contributed by atoms with van der Waals surface area (Å²) < 4.78 is 0. The zero-order valence-corrected chi connectivity index (χ0v) is 9.45. The Hall–Kier alpha value is -2.16. The molecule has 0 unspecified atom stereocenters. The number of H-pyrrole nitrogens is 1. The van der Waals surface area contributed by atoms with E-state index in [1.165, 1.54) is 18.0 Å². The summed E-state index contributed by atoms with van der Waals surface area (Å²) in [6.45, 7) is 0. The number of pyridine rings is 1. The van der Waals surface area contributed by atoms with E-state index < -0.39 is 16.2 Å². The number of aromatic nitrogens is 3. The molecule has 9 heteroatoms. The number of fused-ring (bicyclic) bond motifs is 1.